The Hall–Kier alpha value is -1.07. The van der Waals surface area contributed by atoms with E-state index in [0.717, 1.165) is 4.47 Å². The van der Waals surface area contributed by atoms with E-state index < -0.39 is 11.5 Å². The predicted octanol–water partition coefficient (Wildman–Crippen LogP) is 1.47. The van der Waals surface area contributed by atoms with Crippen LogP contribution in [0.15, 0.2) is 22.7 Å². The Morgan fingerprint density at radius 3 is 3.00 bits per heavy atom. The summed E-state index contributed by atoms with van der Waals surface area (Å²) in [5.41, 5.74) is 5.07. The van der Waals surface area contributed by atoms with E-state index in [0.29, 0.717) is 17.9 Å². The lowest BCUT2D eigenvalue weighted by Gasteiger charge is -2.31. The van der Waals surface area contributed by atoms with Crippen molar-refractivity contribution in [1.82, 2.24) is 0 Å². The molecule has 1 aliphatic heterocycles. The minimum Gasteiger partial charge on any atom is -0.493 e. The van der Waals surface area contributed by atoms with Gasteiger partial charge in [0, 0.05) is 16.5 Å². The number of nitrogens with two attached hydrogens (primary N) is 1. The van der Waals surface area contributed by atoms with Crippen LogP contribution in [0, 0.1) is 0 Å². The van der Waals surface area contributed by atoms with Gasteiger partial charge in [-0.05, 0) is 18.2 Å². The third-order valence-electron chi connectivity index (χ3n) is 2.56. The Morgan fingerprint density at radius 1 is 1.60 bits per heavy atom. The maximum Gasteiger partial charge on any atom is 0.328 e. The molecule has 15 heavy (non-hydrogen) atoms. The fourth-order valence-electron chi connectivity index (χ4n) is 1.66. The van der Waals surface area contributed by atoms with Gasteiger partial charge < -0.3 is 15.6 Å². The number of carboxylic acid groups (broad SMARTS) is 1. The molecule has 80 valence electrons. The second kappa shape index (κ2) is 3.50. The summed E-state index contributed by atoms with van der Waals surface area (Å²) in [5, 5.41) is 9.14. The van der Waals surface area contributed by atoms with E-state index >= 15 is 0 Å². The molecule has 5 heteroatoms. The highest BCUT2D eigenvalue weighted by Gasteiger charge is 2.41. The van der Waals surface area contributed by atoms with Crippen molar-refractivity contribution in [2.24, 2.45) is 5.73 Å². The van der Waals surface area contributed by atoms with Crippen LogP contribution in [0.25, 0.3) is 0 Å². The zero-order chi connectivity index (χ0) is 11.1. The molecule has 0 aliphatic carbocycles. The van der Waals surface area contributed by atoms with Crippen LogP contribution in [0.5, 0.6) is 5.75 Å². The molecule has 0 aromatic heterocycles. The van der Waals surface area contributed by atoms with Crippen molar-refractivity contribution < 1.29 is 14.6 Å². The molecule has 0 saturated carbocycles. The highest BCUT2D eigenvalue weighted by molar-refractivity contribution is 9.10. The summed E-state index contributed by atoms with van der Waals surface area (Å²) in [6.07, 6.45) is 0.284. The number of benzene rings is 1. The first-order valence-electron chi connectivity index (χ1n) is 4.49. The largest absolute Gasteiger partial charge is 0.493 e. The molecule has 4 nitrogen and oxygen atoms in total. The number of fused-ring (bicyclic) bond motifs is 1. The molecule has 0 radical (unpaired) electrons. The number of hydrogen-bond acceptors (Lipinski definition) is 3. The fourth-order valence-corrected chi connectivity index (χ4v) is 2.02. The van der Waals surface area contributed by atoms with Crippen LogP contribution < -0.4 is 10.5 Å². The SMILES string of the molecule is NC1(C(=O)O)CCOc2ccc(Br)cc21. The van der Waals surface area contributed by atoms with E-state index in [2.05, 4.69) is 15.9 Å². The Labute approximate surface area is 95.2 Å². The van der Waals surface area contributed by atoms with E-state index in [-0.39, 0.29) is 6.42 Å². The fraction of sp³-hybridized carbons (Fsp3) is 0.300. The first-order valence-corrected chi connectivity index (χ1v) is 5.28. The molecule has 1 heterocycles. The number of carboxylic acids is 1. The van der Waals surface area contributed by atoms with Crippen LogP contribution >= 0.6 is 15.9 Å². The van der Waals surface area contributed by atoms with Gasteiger partial charge in [0.25, 0.3) is 0 Å². The maximum absolute atomic E-state index is 11.2. The van der Waals surface area contributed by atoms with Crippen molar-refractivity contribution in [2.75, 3.05) is 6.61 Å². The van der Waals surface area contributed by atoms with Crippen molar-refractivity contribution in [3.8, 4) is 5.75 Å². The Kier molecular flexibility index (Phi) is 2.44. The van der Waals surface area contributed by atoms with Crippen LogP contribution in [-0.4, -0.2) is 17.7 Å². The molecule has 0 fully saturated rings. The summed E-state index contributed by atoms with van der Waals surface area (Å²) in [4.78, 5) is 11.2. The van der Waals surface area contributed by atoms with E-state index in [9.17, 15) is 4.79 Å². The lowest BCUT2D eigenvalue weighted by Crippen LogP contribution is -2.48. The van der Waals surface area contributed by atoms with Gasteiger partial charge in [-0.15, -0.1) is 0 Å². The molecule has 0 amide bonds. The highest BCUT2D eigenvalue weighted by Crippen LogP contribution is 2.37. The summed E-state index contributed by atoms with van der Waals surface area (Å²) >= 11 is 3.29. The van der Waals surface area contributed by atoms with Gasteiger partial charge in [-0.3, -0.25) is 0 Å². The first-order chi connectivity index (χ1) is 7.04. The number of aliphatic carboxylic acids is 1. The second-order valence-corrected chi connectivity index (χ2v) is 4.43. The van der Waals surface area contributed by atoms with Crippen LogP contribution in [0.1, 0.15) is 12.0 Å². The average molecular weight is 272 g/mol. The van der Waals surface area contributed by atoms with Crippen molar-refractivity contribution in [3.63, 3.8) is 0 Å². The van der Waals surface area contributed by atoms with Crippen LogP contribution in [0.2, 0.25) is 0 Å². The lowest BCUT2D eigenvalue weighted by atomic mass is 9.86. The number of rotatable bonds is 1. The average Bonchev–Trinajstić information content (AvgIpc) is 2.19. The molecule has 2 rings (SSSR count). The molecular formula is C10H10BrNO3. The van der Waals surface area contributed by atoms with Crippen molar-refractivity contribution in [2.45, 2.75) is 12.0 Å². The molecule has 0 saturated heterocycles. The van der Waals surface area contributed by atoms with Crippen molar-refractivity contribution in [1.29, 1.82) is 0 Å². The molecule has 1 aliphatic rings. The molecule has 3 N–H and O–H groups in total. The topological polar surface area (TPSA) is 72.6 Å². The van der Waals surface area contributed by atoms with E-state index in [1.807, 2.05) is 0 Å². The van der Waals surface area contributed by atoms with E-state index in [1.54, 1.807) is 18.2 Å². The summed E-state index contributed by atoms with van der Waals surface area (Å²) in [6.45, 7) is 0.331. The van der Waals surface area contributed by atoms with E-state index in [4.69, 9.17) is 15.6 Å². The molecule has 1 aromatic rings. The number of ether oxygens (including phenoxy) is 1. The van der Waals surface area contributed by atoms with Gasteiger partial charge in [0.15, 0.2) is 0 Å². The second-order valence-electron chi connectivity index (χ2n) is 3.52. The normalized spacial score (nSPS) is 24.1. The summed E-state index contributed by atoms with van der Waals surface area (Å²) < 4.78 is 6.15. The van der Waals surface area contributed by atoms with Crippen LogP contribution in [0.3, 0.4) is 0 Å². The number of hydrogen-bond donors (Lipinski definition) is 2. The summed E-state index contributed by atoms with van der Waals surface area (Å²) in [7, 11) is 0. The van der Waals surface area contributed by atoms with Gasteiger partial charge in [0.05, 0.1) is 6.61 Å². The number of halogens is 1. The van der Waals surface area contributed by atoms with Gasteiger partial charge in [0.1, 0.15) is 11.3 Å². The molecule has 1 unspecified atom stereocenters. The monoisotopic (exact) mass is 271 g/mol. The third-order valence-corrected chi connectivity index (χ3v) is 3.05. The van der Waals surface area contributed by atoms with Crippen molar-refractivity contribution >= 4 is 21.9 Å². The molecule has 1 atom stereocenters. The van der Waals surface area contributed by atoms with Gasteiger partial charge in [-0.2, -0.15) is 0 Å². The molecular weight excluding hydrogens is 262 g/mol. The van der Waals surface area contributed by atoms with E-state index in [1.165, 1.54) is 0 Å². The molecule has 0 bridgehead atoms. The Morgan fingerprint density at radius 2 is 2.33 bits per heavy atom. The Bertz CT molecular complexity index is 421. The van der Waals surface area contributed by atoms with Gasteiger partial charge in [-0.1, -0.05) is 15.9 Å². The number of carbonyl (C=O) groups is 1. The third kappa shape index (κ3) is 1.61. The minimum atomic E-state index is -1.34. The predicted molar refractivity (Wildman–Crippen MR) is 57.8 cm³/mol. The van der Waals surface area contributed by atoms with Gasteiger partial charge in [0.2, 0.25) is 0 Å². The van der Waals surface area contributed by atoms with Gasteiger partial charge >= 0.3 is 5.97 Å². The molecule has 1 aromatic carbocycles. The summed E-state index contributed by atoms with van der Waals surface area (Å²) in [6, 6.07) is 5.22. The standard InChI is InChI=1S/C10H10BrNO3/c11-6-1-2-8-7(5-6)10(12,9(13)14)3-4-15-8/h1-2,5H,3-4,12H2,(H,13,14). The zero-order valence-electron chi connectivity index (χ0n) is 7.87. The van der Waals surface area contributed by atoms with Crippen LogP contribution in [0.4, 0.5) is 0 Å². The maximum atomic E-state index is 11.2. The van der Waals surface area contributed by atoms with Gasteiger partial charge in [-0.25, -0.2) is 4.79 Å². The van der Waals surface area contributed by atoms with Crippen LogP contribution in [-0.2, 0) is 10.3 Å². The van der Waals surface area contributed by atoms with Crippen molar-refractivity contribution in [3.05, 3.63) is 28.2 Å². The highest BCUT2D eigenvalue weighted by atomic mass is 79.9. The lowest BCUT2D eigenvalue weighted by molar-refractivity contribution is -0.144. The molecule has 0 spiro atoms. The smallest absolute Gasteiger partial charge is 0.328 e. The Balaban J connectivity index is 2.59. The zero-order valence-corrected chi connectivity index (χ0v) is 9.45. The first kappa shape index (κ1) is 10.4. The quantitative estimate of drug-likeness (QED) is 0.812. The summed E-state index contributed by atoms with van der Waals surface area (Å²) in [5.74, 6) is -0.473. The minimum absolute atomic E-state index is 0.284.